The molecule has 0 spiro atoms. The lowest BCUT2D eigenvalue weighted by Gasteiger charge is -2.34. The van der Waals surface area contributed by atoms with Crippen molar-refractivity contribution in [3.8, 4) is 44.8 Å². The molecule has 2 heteroatoms. The summed E-state index contributed by atoms with van der Waals surface area (Å²) in [6, 6.07) is 84.1. The minimum Gasteiger partial charge on any atom is -0.245 e. The molecule has 0 bridgehead atoms. The van der Waals surface area contributed by atoms with Gasteiger partial charge in [-0.15, -0.1) is 0 Å². The average Bonchev–Trinajstić information content (AvgIpc) is 3.67. The SMILES string of the molecule is c1ccc(-c2ccc3ccc4ccc(-c5cccc6c(-c7cc8ccc9c(c8c8ccccc78)-c7ccccc7C9(c7ccccc7)c7ccccc7)cccc56)nc4c3n2)cc1. The molecule has 0 saturated carbocycles. The molecule has 0 unspecified atom stereocenters. The third-order valence-corrected chi connectivity index (χ3v) is 13.5. The summed E-state index contributed by atoms with van der Waals surface area (Å²) >= 11 is 0. The van der Waals surface area contributed by atoms with E-state index >= 15 is 0 Å². The van der Waals surface area contributed by atoms with Gasteiger partial charge < -0.3 is 0 Å². The smallest absolute Gasteiger partial charge is 0.0972 e. The van der Waals surface area contributed by atoms with Gasteiger partial charge in [0.25, 0.3) is 0 Å². The van der Waals surface area contributed by atoms with Crippen LogP contribution < -0.4 is 0 Å². The third-order valence-electron chi connectivity index (χ3n) is 13.5. The minimum absolute atomic E-state index is 0.461. The molecule has 0 saturated heterocycles. The van der Waals surface area contributed by atoms with Crippen LogP contribution in [0.15, 0.2) is 231 Å². The van der Waals surface area contributed by atoms with E-state index in [0.29, 0.717) is 0 Å². The van der Waals surface area contributed by atoms with Gasteiger partial charge in [0.2, 0.25) is 0 Å². The molecule has 292 valence electrons. The first kappa shape index (κ1) is 35.5. The molecule has 0 aliphatic heterocycles. The fraction of sp³-hybridized carbons (Fsp3) is 0.0164. The number of rotatable bonds is 5. The van der Waals surface area contributed by atoms with Gasteiger partial charge in [0.05, 0.1) is 27.8 Å². The van der Waals surface area contributed by atoms with Crippen molar-refractivity contribution in [1.82, 2.24) is 9.97 Å². The summed E-state index contributed by atoms with van der Waals surface area (Å²) in [5.41, 5.74) is 15.7. The first-order valence-corrected chi connectivity index (χ1v) is 21.7. The fourth-order valence-corrected chi connectivity index (χ4v) is 10.8. The normalized spacial score (nSPS) is 12.9. The van der Waals surface area contributed by atoms with E-state index < -0.39 is 5.41 Å². The van der Waals surface area contributed by atoms with Crippen LogP contribution in [0, 0.1) is 0 Å². The van der Waals surface area contributed by atoms with E-state index in [-0.39, 0.29) is 0 Å². The Morgan fingerprint density at radius 1 is 0.302 bits per heavy atom. The first-order chi connectivity index (χ1) is 31.3. The highest BCUT2D eigenvalue weighted by Gasteiger charge is 2.46. The summed E-state index contributed by atoms with van der Waals surface area (Å²) in [6.45, 7) is 0. The molecule has 2 aromatic heterocycles. The van der Waals surface area contributed by atoms with Crippen LogP contribution in [0.3, 0.4) is 0 Å². The average molecular weight is 799 g/mol. The molecule has 10 aromatic carbocycles. The van der Waals surface area contributed by atoms with Crippen molar-refractivity contribution in [3.05, 3.63) is 253 Å². The topological polar surface area (TPSA) is 25.8 Å². The summed E-state index contributed by atoms with van der Waals surface area (Å²) in [7, 11) is 0. The standard InChI is InChI=1S/C61H38N2/c1-4-16-39(17-5-1)55-36-33-40-30-31-41-34-37-56(63-60(41)59(40)62-55)49-28-15-25-45-46(49)26-14-27-47(45)52-38-42-32-35-54-58(57(42)50-23-11-10-22-48(50)52)51-24-12-13-29-53(51)61(54,43-18-6-2-7-19-43)44-20-8-3-9-21-44/h1-38H. The van der Waals surface area contributed by atoms with E-state index in [0.717, 1.165) is 44.3 Å². The Bertz CT molecular complexity index is 3740. The maximum Gasteiger partial charge on any atom is 0.0972 e. The summed E-state index contributed by atoms with van der Waals surface area (Å²) < 4.78 is 0. The second-order valence-corrected chi connectivity index (χ2v) is 16.8. The molecule has 12 aromatic rings. The second kappa shape index (κ2) is 13.9. The predicted octanol–water partition coefficient (Wildman–Crippen LogP) is 15.6. The van der Waals surface area contributed by atoms with Gasteiger partial charge in [0.15, 0.2) is 0 Å². The van der Waals surface area contributed by atoms with Gasteiger partial charge in [-0.1, -0.05) is 212 Å². The first-order valence-electron chi connectivity index (χ1n) is 21.7. The number of hydrogen-bond donors (Lipinski definition) is 0. The summed E-state index contributed by atoms with van der Waals surface area (Å²) in [5, 5.41) is 9.54. The summed E-state index contributed by atoms with van der Waals surface area (Å²) in [6.07, 6.45) is 0. The zero-order chi connectivity index (χ0) is 41.5. The molecular weight excluding hydrogens is 761 g/mol. The highest BCUT2D eigenvalue weighted by Crippen LogP contribution is 2.59. The van der Waals surface area contributed by atoms with Gasteiger partial charge in [0.1, 0.15) is 0 Å². The number of benzene rings is 10. The van der Waals surface area contributed by atoms with Crippen LogP contribution >= 0.6 is 0 Å². The van der Waals surface area contributed by atoms with Crippen LogP contribution in [0.25, 0.3) is 98.9 Å². The number of nitrogens with zero attached hydrogens (tertiary/aromatic N) is 2. The van der Waals surface area contributed by atoms with E-state index in [2.05, 4.69) is 224 Å². The zero-order valence-electron chi connectivity index (χ0n) is 34.3. The van der Waals surface area contributed by atoms with Crippen LogP contribution in [0.4, 0.5) is 0 Å². The Morgan fingerprint density at radius 3 is 1.51 bits per heavy atom. The number of pyridine rings is 2. The van der Waals surface area contributed by atoms with Gasteiger partial charge >= 0.3 is 0 Å². The Kier molecular flexibility index (Phi) is 7.85. The predicted molar refractivity (Wildman–Crippen MR) is 263 cm³/mol. The van der Waals surface area contributed by atoms with Crippen molar-refractivity contribution >= 4 is 54.1 Å². The number of fused-ring (bicyclic) bond motifs is 11. The Balaban J connectivity index is 1.02. The number of aromatic nitrogens is 2. The third kappa shape index (κ3) is 5.25. The molecule has 1 aliphatic rings. The quantitative estimate of drug-likeness (QED) is 0.162. The molecule has 2 heterocycles. The lowest BCUT2D eigenvalue weighted by atomic mass is 9.67. The molecule has 1 aliphatic carbocycles. The lowest BCUT2D eigenvalue weighted by molar-refractivity contribution is 0.769. The van der Waals surface area contributed by atoms with Gasteiger partial charge in [-0.3, -0.25) is 0 Å². The van der Waals surface area contributed by atoms with Crippen molar-refractivity contribution in [3.63, 3.8) is 0 Å². The largest absolute Gasteiger partial charge is 0.245 e. The molecule has 0 radical (unpaired) electrons. The van der Waals surface area contributed by atoms with E-state index in [4.69, 9.17) is 9.97 Å². The highest BCUT2D eigenvalue weighted by molar-refractivity contribution is 6.22. The Morgan fingerprint density at radius 2 is 0.794 bits per heavy atom. The van der Waals surface area contributed by atoms with E-state index in [1.54, 1.807) is 0 Å². The van der Waals surface area contributed by atoms with Crippen LogP contribution in [-0.4, -0.2) is 9.97 Å². The fourth-order valence-electron chi connectivity index (χ4n) is 10.8. The summed E-state index contributed by atoms with van der Waals surface area (Å²) in [4.78, 5) is 10.6. The van der Waals surface area contributed by atoms with Gasteiger partial charge in [-0.05, 0) is 95.0 Å². The lowest BCUT2D eigenvalue weighted by Crippen LogP contribution is -2.28. The van der Waals surface area contributed by atoms with Crippen LogP contribution in [0.1, 0.15) is 22.3 Å². The minimum atomic E-state index is -0.461. The monoisotopic (exact) mass is 798 g/mol. The molecule has 63 heavy (non-hydrogen) atoms. The van der Waals surface area contributed by atoms with Gasteiger partial charge in [0, 0.05) is 21.9 Å². The van der Waals surface area contributed by atoms with E-state index in [9.17, 15) is 0 Å². The number of hydrogen-bond acceptors (Lipinski definition) is 2. The molecule has 2 nitrogen and oxygen atoms in total. The highest BCUT2D eigenvalue weighted by atomic mass is 14.8. The molecule has 0 atom stereocenters. The zero-order valence-corrected chi connectivity index (χ0v) is 34.3. The Hall–Kier alpha value is -8.20. The Labute approximate surface area is 365 Å². The van der Waals surface area contributed by atoms with Crippen LogP contribution in [0.2, 0.25) is 0 Å². The molecule has 0 fully saturated rings. The molecule has 13 rings (SSSR count). The van der Waals surface area contributed by atoms with Crippen molar-refractivity contribution in [2.24, 2.45) is 0 Å². The maximum absolute atomic E-state index is 5.40. The van der Waals surface area contributed by atoms with Crippen LogP contribution in [0.5, 0.6) is 0 Å². The van der Waals surface area contributed by atoms with E-state index in [1.807, 2.05) is 6.07 Å². The van der Waals surface area contributed by atoms with Crippen molar-refractivity contribution in [1.29, 1.82) is 0 Å². The second-order valence-electron chi connectivity index (χ2n) is 16.8. The van der Waals surface area contributed by atoms with Gasteiger partial charge in [-0.2, -0.15) is 0 Å². The maximum atomic E-state index is 5.40. The summed E-state index contributed by atoms with van der Waals surface area (Å²) in [5.74, 6) is 0. The van der Waals surface area contributed by atoms with E-state index in [1.165, 1.54) is 76.8 Å². The van der Waals surface area contributed by atoms with Gasteiger partial charge in [-0.25, -0.2) is 9.97 Å². The van der Waals surface area contributed by atoms with Crippen molar-refractivity contribution < 1.29 is 0 Å². The van der Waals surface area contributed by atoms with Crippen LogP contribution in [-0.2, 0) is 5.41 Å². The van der Waals surface area contributed by atoms with Crippen molar-refractivity contribution in [2.45, 2.75) is 5.41 Å². The van der Waals surface area contributed by atoms with Crippen molar-refractivity contribution in [2.75, 3.05) is 0 Å². The molecule has 0 amide bonds. The molecule has 0 N–H and O–H groups in total. The molecular formula is C61H38N2.